The standard InChI is InChI=1S/C15H17NO4/c1-18-15(17)14-6-5-10(20-14)9-16-12-3-2-4-13-11(12)7-8-19-13/h5-8,12,16H,2-4,9H2,1H3. The number of hydrogen-bond acceptors (Lipinski definition) is 5. The summed E-state index contributed by atoms with van der Waals surface area (Å²) in [7, 11) is 1.34. The second-order valence-corrected chi connectivity index (χ2v) is 4.88. The second-order valence-electron chi connectivity index (χ2n) is 4.88. The maximum atomic E-state index is 11.3. The third kappa shape index (κ3) is 2.49. The first kappa shape index (κ1) is 13.0. The van der Waals surface area contributed by atoms with Crippen LogP contribution in [0.3, 0.4) is 0 Å². The van der Waals surface area contributed by atoms with E-state index in [9.17, 15) is 4.79 Å². The van der Waals surface area contributed by atoms with E-state index in [4.69, 9.17) is 8.83 Å². The summed E-state index contributed by atoms with van der Waals surface area (Å²) in [6.45, 7) is 0.576. The van der Waals surface area contributed by atoms with Gasteiger partial charge in [-0.2, -0.15) is 0 Å². The van der Waals surface area contributed by atoms with Crippen LogP contribution in [-0.4, -0.2) is 13.1 Å². The lowest BCUT2D eigenvalue weighted by Gasteiger charge is -2.22. The Bertz CT molecular complexity index is 599. The predicted octanol–water partition coefficient (Wildman–Crippen LogP) is 2.83. The first-order valence-electron chi connectivity index (χ1n) is 6.74. The third-order valence-electron chi connectivity index (χ3n) is 3.62. The van der Waals surface area contributed by atoms with E-state index in [0.29, 0.717) is 6.54 Å². The van der Waals surface area contributed by atoms with Gasteiger partial charge in [0.25, 0.3) is 0 Å². The number of ether oxygens (including phenoxy) is 1. The van der Waals surface area contributed by atoms with Crippen LogP contribution in [0.1, 0.15) is 46.5 Å². The molecule has 5 heteroatoms. The van der Waals surface area contributed by atoms with Crippen LogP contribution in [0.15, 0.2) is 33.3 Å². The molecule has 0 amide bonds. The number of esters is 1. The van der Waals surface area contributed by atoms with Crippen LogP contribution in [0.25, 0.3) is 0 Å². The molecule has 1 atom stereocenters. The van der Waals surface area contributed by atoms with Crippen LogP contribution in [-0.2, 0) is 17.7 Å². The van der Waals surface area contributed by atoms with E-state index < -0.39 is 5.97 Å². The van der Waals surface area contributed by atoms with E-state index in [1.54, 1.807) is 18.4 Å². The smallest absolute Gasteiger partial charge is 0.373 e. The van der Waals surface area contributed by atoms with Crippen molar-refractivity contribution < 1.29 is 18.4 Å². The van der Waals surface area contributed by atoms with Gasteiger partial charge in [0.1, 0.15) is 11.5 Å². The Morgan fingerprint density at radius 1 is 1.45 bits per heavy atom. The second kappa shape index (κ2) is 5.54. The quantitative estimate of drug-likeness (QED) is 0.869. The van der Waals surface area contributed by atoms with Gasteiger partial charge < -0.3 is 18.9 Å². The van der Waals surface area contributed by atoms with Gasteiger partial charge in [-0.05, 0) is 31.0 Å². The van der Waals surface area contributed by atoms with Gasteiger partial charge in [0, 0.05) is 18.0 Å². The summed E-state index contributed by atoms with van der Waals surface area (Å²) in [5, 5.41) is 3.44. The van der Waals surface area contributed by atoms with Gasteiger partial charge >= 0.3 is 5.97 Å². The fourth-order valence-electron chi connectivity index (χ4n) is 2.61. The SMILES string of the molecule is COC(=O)c1ccc(CNC2CCCc3occc32)o1. The molecule has 2 aromatic rings. The largest absolute Gasteiger partial charge is 0.469 e. The van der Waals surface area contributed by atoms with Crippen molar-refractivity contribution in [2.24, 2.45) is 0 Å². The fourth-order valence-corrected chi connectivity index (χ4v) is 2.61. The summed E-state index contributed by atoms with van der Waals surface area (Å²) in [6, 6.07) is 5.73. The molecule has 1 unspecified atom stereocenters. The molecule has 0 aliphatic heterocycles. The Morgan fingerprint density at radius 3 is 3.20 bits per heavy atom. The van der Waals surface area contributed by atoms with E-state index in [0.717, 1.165) is 30.8 Å². The molecular weight excluding hydrogens is 258 g/mol. The lowest BCUT2D eigenvalue weighted by Crippen LogP contribution is -2.23. The van der Waals surface area contributed by atoms with Crippen molar-refractivity contribution in [3.8, 4) is 0 Å². The number of hydrogen-bond donors (Lipinski definition) is 1. The number of fused-ring (bicyclic) bond motifs is 1. The summed E-state index contributed by atoms with van der Waals surface area (Å²) in [6.07, 6.45) is 4.95. The van der Waals surface area contributed by atoms with Crippen molar-refractivity contribution in [1.82, 2.24) is 5.32 Å². The first-order valence-corrected chi connectivity index (χ1v) is 6.74. The molecule has 1 aliphatic carbocycles. The molecule has 3 rings (SSSR count). The van der Waals surface area contributed by atoms with Crippen LogP contribution >= 0.6 is 0 Å². The monoisotopic (exact) mass is 275 g/mol. The summed E-state index contributed by atoms with van der Waals surface area (Å²) < 4.78 is 15.5. The number of aryl methyl sites for hydroxylation is 1. The summed E-state index contributed by atoms with van der Waals surface area (Å²) in [5.74, 6) is 1.58. The van der Waals surface area contributed by atoms with Gasteiger partial charge in [-0.15, -0.1) is 0 Å². The van der Waals surface area contributed by atoms with Crippen LogP contribution in [0.4, 0.5) is 0 Å². The average Bonchev–Trinajstić information content (AvgIpc) is 3.13. The predicted molar refractivity (Wildman–Crippen MR) is 71.3 cm³/mol. The Hall–Kier alpha value is -2.01. The van der Waals surface area contributed by atoms with E-state index in [-0.39, 0.29) is 11.8 Å². The maximum absolute atomic E-state index is 11.3. The van der Waals surface area contributed by atoms with Crippen LogP contribution in [0.2, 0.25) is 0 Å². The highest BCUT2D eigenvalue weighted by Gasteiger charge is 2.22. The molecule has 0 spiro atoms. The van der Waals surface area contributed by atoms with E-state index in [2.05, 4.69) is 10.1 Å². The number of rotatable bonds is 4. The zero-order valence-electron chi connectivity index (χ0n) is 11.3. The summed E-state index contributed by atoms with van der Waals surface area (Å²) in [5.41, 5.74) is 1.23. The van der Waals surface area contributed by atoms with E-state index >= 15 is 0 Å². The highest BCUT2D eigenvalue weighted by Crippen LogP contribution is 2.30. The van der Waals surface area contributed by atoms with E-state index in [1.165, 1.54) is 12.7 Å². The zero-order valence-corrected chi connectivity index (χ0v) is 11.3. The Labute approximate surface area is 116 Å². The van der Waals surface area contributed by atoms with Crippen molar-refractivity contribution >= 4 is 5.97 Å². The number of carbonyl (C=O) groups is 1. The number of furan rings is 2. The normalized spacial score (nSPS) is 17.8. The minimum absolute atomic E-state index is 0.233. The van der Waals surface area contributed by atoms with Crippen molar-refractivity contribution in [3.63, 3.8) is 0 Å². The molecule has 0 radical (unpaired) electrons. The minimum Gasteiger partial charge on any atom is -0.469 e. The molecule has 5 nitrogen and oxygen atoms in total. The van der Waals surface area contributed by atoms with Gasteiger partial charge in [-0.1, -0.05) is 0 Å². The van der Waals surface area contributed by atoms with Crippen molar-refractivity contribution in [2.45, 2.75) is 31.8 Å². The highest BCUT2D eigenvalue weighted by atomic mass is 16.5. The van der Waals surface area contributed by atoms with Gasteiger partial charge in [-0.25, -0.2) is 4.79 Å². The molecule has 2 heterocycles. The van der Waals surface area contributed by atoms with Crippen LogP contribution < -0.4 is 5.32 Å². The molecule has 1 aliphatic rings. The molecule has 0 saturated heterocycles. The number of methoxy groups -OCH3 is 1. The van der Waals surface area contributed by atoms with Gasteiger partial charge in [0.15, 0.2) is 0 Å². The molecule has 0 fully saturated rings. The first-order chi connectivity index (χ1) is 9.78. The van der Waals surface area contributed by atoms with Crippen LogP contribution in [0, 0.1) is 0 Å². The Kier molecular flexibility index (Phi) is 3.60. The Balaban J connectivity index is 1.63. The number of carbonyl (C=O) groups excluding carboxylic acids is 1. The fraction of sp³-hybridized carbons (Fsp3) is 0.400. The number of nitrogens with one attached hydrogen (secondary N) is 1. The lowest BCUT2D eigenvalue weighted by molar-refractivity contribution is 0.0562. The molecule has 20 heavy (non-hydrogen) atoms. The average molecular weight is 275 g/mol. The van der Waals surface area contributed by atoms with Crippen LogP contribution in [0.5, 0.6) is 0 Å². The van der Waals surface area contributed by atoms with Crippen molar-refractivity contribution in [3.05, 3.63) is 47.3 Å². The minimum atomic E-state index is -0.453. The van der Waals surface area contributed by atoms with Gasteiger partial charge in [0.05, 0.1) is 19.9 Å². The molecule has 106 valence electrons. The van der Waals surface area contributed by atoms with Crippen molar-refractivity contribution in [1.29, 1.82) is 0 Å². The van der Waals surface area contributed by atoms with Gasteiger partial charge in [0.2, 0.25) is 5.76 Å². The third-order valence-corrected chi connectivity index (χ3v) is 3.62. The summed E-state index contributed by atoms with van der Waals surface area (Å²) >= 11 is 0. The molecule has 0 aromatic carbocycles. The Morgan fingerprint density at radius 2 is 2.35 bits per heavy atom. The molecule has 1 N–H and O–H groups in total. The molecule has 0 bridgehead atoms. The molecule has 2 aromatic heterocycles. The van der Waals surface area contributed by atoms with Crippen molar-refractivity contribution in [2.75, 3.05) is 7.11 Å². The topological polar surface area (TPSA) is 64.6 Å². The molecular formula is C15H17NO4. The summed E-state index contributed by atoms with van der Waals surface area (Å²) in [4.78, 5) is 11.3. The zero-order chi connectivity index (χ0) is 13.9. The lowest BCUT2D eigenvalue weighted by atomic mass is 9.93. The highest BCUT2D eigenvalue weighted by molar-refractivity contribution is 5.86. The molecule has 0 saturated carbocycles. The maximum Gasteiger partial charge on any atom is 0.373 e. The van der Waals surface area contributed by atoms with Gasteiger partial charge in [-0.3, -0.25) is 0 Å². The van der Waals surface area contributed by atoms with E-state index in [1.807, 2.05) is 6.07 Å².